The first-order chi connectivity index (χ1) is 15.4. The molecule has 32 heavy (non-hydrogen) atoms. The predicted molar refractivity (Wildman–Crippen MR) is 117 cm³/mol. The van der Waals surface area contributed by atoms with E-state index in [-0.39, 0.29) is 23.4 Å². The van der Waals surface area contributed by atoms with E-state index < -0.39 is 11.9 Å². The first-order valence-electron chi connectivity index (χ1n) is 10.3. The van der Waals surface area contributed by atoms with Gasteiger partial charge in [0.15, 0.2) is 11.5 Å². The van der Waals surface area contributed by atoms with E-state index in [9.17, 15) is 13.6 Å². The molecule has 1 aliphatic carbocycles. The van der Waals surface area contributed by atoms with Crippen molar-refractivity contribution >= 4 is 22.4 Å². The van der Waals surface area contributed by atoms with Crippen LogP contribution in [0, 0.1) is 17.7 Å². The molecule has 0 amide bonds. The number of allylic oxidation sites excluding steroid dienone is 5. The van der Waals surface area contributed by atoms with Gasteiger partial charge in [0.05, 0.1) is 24.1 Å². The van der Waals surface area contributed by atoms with E-state index in [1.54, 1.807) is 31.5 Å². The zero-order valence-electron chi connectivity index (χ0n) is 17.5. The summed E-state index contributed by atoms with van der Waals surface area (Å²) < 4.78 is 28.7. The third kappa shape index (κ3) is 3.39. The Morgan fingerprint density at radius 1 is 1.19 bits per heavy atom. The molecular formula is C23H20F2N6O. The number of hydrogen-bond donors (Lipinski definition) is 1. The number of rotatable bonds is 3. The molecule has 4 heterocycles. The zero-order chi connectivity index (χ0) is 22.4. The predicted octanol–water partition coefficient (Wildman–Crippen LogP) is 4.12. The van der Waals surface area contributed by atoms with Gasteiger partial charge in [-0.2, -0.15) is 0 Å². The topological polar surface area (TPSA) is 88.8 Å². The van der Waals surface area contributed by atoms with Crippen molar-refractivity contribution in [3.63, 3.8) is 0 Å². The number of hydrogen-bond acceptors (Lipinski definition) is 5. The maximum atomic E-state index is 13.9. The lowest BCUT2D eigenvalue weighted by atomic mass is 9.79. The van der Waals surface area contributed by atoms with Gasteiger partial charge in [0, 0.05) is 29.3 Å². The fraction of sp³-hybridized carbons (Fsp3) is 0.261. The largest absolute Gasteiger partial charge is 0.328 e. The molecule has 1 aliphatic heterocycles. The van der Waals surface area contributed by atoms with Crippen molar-refractivity contribution in [3.8, 4) is 0 Å². The van der Waals surface area contributed by atoms with Gasteiger partial charge in [0.2, 0.25) is 0 Å². The molecule has 3 unspecified atom stereocenters. The van der Waals surface area contributed by atoms with Crippen LogP contribution in [0.15, 0.2) is 64.6 Å². The number of aromatic nitrogens is 5. The van der Waals surface area contributed by atoms with Gasteiger partial charge in [0.25, 0.3) is 0 Å². The molecule has 0 saturated carbocycles. The van der Waals surface area contributed by atoms with Crippen molar-refractivity contribution in [2.24, 2.45) is 16.8 Å². The highest BCUT2D eigenvalue weighted by molar-refractivity contribution is 6.00. The minimum absolute atomic E-state index is 0.0500. The number of aromatic amines is 1. The van der Waals surface area contributed by atoms with Crippen LogP contribution in [0.25, 0.3) is 16.7 Å². The molecule has 0 aromatic carbocycles. The average molecular weight is 434 g/mol. The number of fused-ring (bicyclic) bond motifs is 3. The van der Waals surface area contributed by atoms with Crippen molar-refractivity contribution in [2.75, 3.05) is 0 Å². The zero-order valence-corrected chi connectivity index (χ0v) is 17.5. The molecule has 2 aliphatic rings. The first-order valence-corrected chi connectivity index (χ1v) is 10.3. The Labute approximate surface area is 182 Å². The number of H-pyrrole nitrogens is 1. The van der Waals surface area contributed by atoms with Gasteiger partial charge in [-0.05, 0) is 43.7 Å². The van der Waals surface area contributed by atoms with Gasteiger partial charge in [-0.1, -0.05) is 6.92 Å². The van der Waals surface area contributed by atoms with Crippen LogP contribution < -0.4 is 5.69 Å². The highest BCUT2D eigenvalue weighted by Gasteiger charge is 2.30. The van der Waals surface area contributed by atoms with Crippen LogP contribution in [-0.2, 0) is 0 Å². The molecule has 162 valence electrons. The standard InChI is InChI=1S/C23H20F2N6O/c1-12-16-6-3-14(24)4-7-18(12)27-10-17(16)21-28-11-20-22(30-21)31(23(32)29-20)13(2)19-8-5-15(25)9-26-19/h3-5,7-13,16H,6H2,1-2H3,(H,29,32). The summed E-state index contributed by atoms with van der Waals surface area (Å²) in [5.74, 6) is -0.305. The summed E-state index contributed by atoms with van der Waals surface area (Å²) in [7, 11) is 0. The lowest BCUT2D eigenvalue weighted by Crippen LogP contribution is -2.25. The molecule has 0 saturated heterocycles. The van der Waals surface area contributed by atoms with Crippen molar-refractivity contribution in [1.29, 1.82) is 0 Å². The molecule has 2 bridgehead atoms. The van der Waals surface area contributed by atoms with Crippen LogP contribution in [0.1, 0.15) is 37.8 Å². The van der Waals surface area contributed by atoms with E-state index >= 15 is 0 Å². The minimum Gasteiger partial charge on any atom is -0.303 e. The lowest BCUT2D eigenvalue weighted by molar-refractivity contribution is 0.540. The first kappa shape index (κ1) is 20.2. The number of aliphatic imine (C=N–C) groups is 1. The Bertz CT molecular complexity index is 1380. The summed E-state index contributed by atoms with van der Waals surface area (Å²) >= 11 is 0. The molecular weight excluding hydrogens is 414 g/mol. The Morgan fingerprint density at radius 3 is 2.81 bits per heavy atom. The number of nitrogens with one attached hydrogen (secondary N) is 1. The van der Waals surface area contributed by atoms with Crippen molar-refractivity contribution in [3.05, 3.63) is 82.6 Å². The normalized spacial score (nSPS) is 21.4. The Hall–Kier alpha value is -3.75. The van der Waals surface area contributed by atoms with E-state index in [1.807, 2.05) is 6.92 Å². The van der Waals surface area contributed by atoms with Crippen molar-refractivity contribution in [1.82, 2.24) is 24.5 Å². The molecule has 0 radical (unpaired) electrons. The highest BCUT2D eigenvalue weighted by atomic mass is 19.1. The van der Waals surface area contributed by atoms with Gasteiger partial charge >= 0.3 is 5.69 Å². The number of nitrogens with zero attached hydrogens (tertiary/aromatic N) is 5. The molecule has 0 fully saturated rings. The van der Waals surface area contributed by atoms with E-state index in [0.717, 1.165) is 17.5 Å². The van der Waals surface area contributed by atoms with E-state index in [2.05, 4.69) is 24.9 Å². The SMILES string of the molecule is CC1C2=NC=C(c3ncc4[nH]c(=O)n(C(C)c5ccc(F)cn5)c4n3)C1CC=C(F)C=C2. The number of halogens is 2. The van der Waals surface area contributed by atoms with Gasteiger partial charge in [0.1, 0.15) is 17.2 Å². The minimum atomic E-state index is -0.480. The molecule has 3 aromatic heterocycles. The van der Waals surface area contributed by atoms with Crippen LogP contribution in [-0.4, -0.2) is 30.2 Å². The second kappa shape index (κ2) is 7.74. The fourth-order valence-corrected chi connectivity index (χ4v) is 4.24. The molecule has 3 atom stereocenters. The highest BCUT2D eigenvalue weighted by Crippen LogP contribution is 2.37. The maximum absolute atomic E-state index is 13.9. The van der Waals surface area contributed by atoms with E-state index in [0.29, 0.717) is 29.1 Å². The third-order valence-corrected chi connectivity index (χ3v) is 6.08. The monoisotopic (exact) mass is 434 g/mol. The Morgan fingerprint density at radius 2 is 2.03 bits per heavy atom. The van der Waals surface area contributed by atoms with Crippen LogP contribution in [0.4, 0.5) is 8.78 Å². The van der Waals surface area contributed by atoms with E-state index in [1.165, 1.54) is 22.8 Å². The molecule has 7 nitrogen and oxygen atoms in total. The Kier molecular flexibility index (Phi) is 4.88. The second-order valence-corrected chi connectivity index (χ2v) is 8.00. The van der Waals surface area contributed by atoms with Crippen LogP contribution in [0.5, 0.6) is 0 Å². The van der Waals surface area contributed by atoms with Crippen molar-refractivity contribution < 1.29 is 8.78 Å². The molecule has 3 aromatic rings. The Balaban J connectivity index is 1.61. The average Bonchev–Trinajstić information content (AvgIpc) is 3.12. The van der Waals surface area contributed by atoms with Gasteiger partial charge in [-0.15, -0.1) is 0 Å². The van der Waals surface area contributed by atoms with Gasteiger partial charge < -0.3 is 4.98 Å². The summed E-state index contributed by atoms with van der Waals surface area (Å²) in [6.45, 7) is 3.84. The second-order valence-electron chi connectivity index (χ2n) is 8.00. The molecule has 9 heteroatoms. The van der Waals surface area contributed by atoms with Crippen LogP contribution in [0.2, 0.25) is 0 Å². The molecule has 1 N–H and O–H groups in total. The third-order valence-electron chi connectivity index (χ3n) is 6.08. The fourth-order valence-electron chi connectivity index (χ4n) is 4.24. The quantitative estimate of drug-likeness (QED) is 0.672. The molecule has 0 spiro atoms. The summed E-state index contributed by atoms with van der Waals surface area (Å²) in [6, 6.07) is 2.36. The van der Waals surface area contributed by atoms with Gasteiger partial charge in [-0.3, -0.25) is 14.5 Å². The maximum Gasteiger partial charge on any atom is 0.328 e. The smallest absolute Gasteiger partial charge is 0.303 e. The van der Waals surface area contributed by atoms with Crippen molar-refractivity contribution in [2.45, 2.75) is 26.3 Å². The number of pyridine rings is 1. The lowest BCUT2D eigenvalue weighted by Gasteiger charge is -2.29. The van der Waals surface area contributed by atoms with E-state index in [4.69, 9.17) is 0 Å². The summed E-state index contributed by atoms with van der Waals surface area (Å²) in [5.41, 5.74) is 2.65. The summed E-state index contributed by atoms with van der Waals surface area (Å²) in [4.78, 5) is 33.2. The van der Waals surface area contributed by atoms with Crippen LogP contribution in [0.3, 0.4) is 0 Å². The van der Waals surface area contributed by atoms with Gasteiger partial charge in [-0.25, -0.2) is 23.5 Å². The molecule has 5 rings (SSSR count). The summed E-state index contributed by atoms with van der Waals surface area (Å²) in [5, 5.41) is 0. The summed E-state index contributed by atoms with van der Waals surface area (Å²) in [6.07, 6.45) is 9.57. The van der Waals surface area contributed by atoms with Crippen LogP contribution >= 0.6 is 0 Å². The number of imidazole rings is 1.